The summed E-state index contributed by atoms with van der Waals surface area (Å²) < 4.78 is 0. The maximum absolute atomic E-state index is 11.4. The minimum atomic E-state index is -0.285. The van der Waals surface area contributed by atoms with E-state index in [2.05, 4.69) is 20.8 Å². The standard InChI is InChI=1S/C16H24N4O/c17-16(21)12-4-5-14-10-18-8-6-13-3-1-2-7-20(13)15(18)11-19(14)9-12/h5,9,13,15H,1-4,6-8,10-11H2,(H2,17,21). The number of piperidine rings is 1. The van der Waals surface area contributed by atoms with Gasteiger partial charge in [0, 0.05) is 36.6 Å². The molecule has 4 aliphatic rings. The summed E-state index contributed by atoms with van der Waals surface area (Å²) in [7, 11) is 0. The molecule has 0 saturated carbocycles. The van der Waals surface area contributed by atoms with E-state index in [4.69, 9.17) is 5.73 Å². The minimum Gasteiger partial charge on any atom is -0.366 e. The Bertz CT molecular complexity index is 512. The highest BCUT2D eigenvalue weighted by Gasteiger charge is 2.41. The van der Waals surface area contributed by atoms with Gasteiger partial charge in [-0.15, -0.1) is 0 Å². The van der Waals surface area contributed by atoms with E-state index in [1.807, 2.05) is 6.20 Å². The largest absolute Gasteiger partial charge is 0.366 e. The highest BCUT2D eigenvalue weighted by molar-refractivity contribution is 5.92. The number of hydrogen-bond acceptors (Lipinski definition) is 4. The normalized spacial score (nSPS) is 33.4. The summed E-state index contributed by atoms with van der Waals surface area (Å²) in [5, 5.41) is 0. The SMILES string of the molecule is NC(=O)C1=CN2CC3N(CCC4CCCCN43)CC2=CC1. The van der Waals surface area contributed by atoms with Gasteiger partial charge in [0.05, 0.1) is 12.7 Å². The van der Waals surface area contributed by atoms with E-state index >= 15 is 0 Å². The van der Waals surface area contributed by atoms with Gasteiger partial charge in [-0.2, -0.15) is 0 Å². The van der Waals surface area contributed by atoms with Crippen LogP contribution >= 0.6 is 0 Å². The van der Waals surface area contributed by atoms with Gasteiger partial charge in [0.15, 0.2) is 0 Å². The molecule has 0 aromatic rings. The number of fused-ring (bicyclic) bond motifs is 4. The van der Waals surface area contributed by atoms with Gasteiger partial charge in [0.1, 0.15) is 0 Å². The number of primary amides is 1. The molecule has 21 heavy (non-hydrogen) atoms. The Balaban J connectivity index is 1.56. The molecule has 5 heteroatoms. The van der Waals surface area contributed by atoms with Crippen LogP contribution in [-0.4, -0.2) is 59.0 Å². The fraction of sp³-hybridized carbons (Fsp3) is 0.688. The van der Waals surface area contributed by atoms with Crippen LogP contribution in [0.5, 0.6) is 0 Å². The lowest BCUT2D eigenvalue weighted by Gasteiger charge is -2.55. The summed E-state index contributed by atoms with van der Waals surface area (Å²) in [6, 6.07) is 0.773. The van der Waals surface area contributed by atoms with Crippen molar-refractivity contribution in [1.82, 2.24) is 14.7 Å². The number of nitrogens with zero attached hydrogens (tertiary/aromatic N) is 3. The van der Waals surface area contributed by atoms with Crippen LogP contribution in [0.3, 0.4) is 0 Å². The van der Waals surface area contributed by atoms with Crippen LogP contribution in [0, 0.1) is 0 Å². The van der Waals surface area contributed by atoms with E-state index in [0.717, 1.165) is 24.7 Å². The predicted molar refractivity (Wildman–Crippen MR) is 81.0 cm³/mol. The summed E-state index contributed by atoms with van der Waals surface area (Å²) in [5.74, 6) is -0.285. The summed E-state index contributed by atoms with van der Waals surface area (Å²) in [4.78, 5) is 19.0. The molecule has 0 radical (unpaired) electrons. The van der Waals surface area contributed by atoms with Gasteiger partial charge < -0.3 is 10.6 Å². The first kappa shape index (κ1) is 13.3. The van der Waals surface area contributed by atoms with E-state index < -0.39 is 0 Å². The van der Waals surface area contributed by atoms with Crippen molar-refractivity contribution in [3.8, 4) is 0 Å². The third-order valence-electron chi connectivity index (χ3n) is 5.51. The molecule has 3 fully saturated rings. The maximum Gasteiger partial charge on any atom is 0.246 e. The molecule has 5 nitrogen and oxygen atoms in total. The average Bonchev–Trinajstić information content (AvgIpc) is 2.52. The monoisotopic (exact) mass is 288 g/mol. The molecule has 4 heterocycles. The van der Waals surface area contributed by atoms with Crippen molar-refractivity contribution in [2.45, 2.75) is 44.3 Å². The molecule has 4 aliphatic heterocycles. The zero-order valence-electron chi connectivity index (χ0n) is 12.5. The Hall–Kier alpha value is -1.33. The molecular formula is C16H24N4O. The van der Waals surface area contributed by atoms with E-state index in [0.29, 0.717) is 12.6 Å². The highest BCUT2D eigenvalue weighted by Crippen LogP contribution is 2.33. The van der Waals surface area contributed by atoms with Crippen molar-refractivity contribution in [2.24, 2.45) is 5.73 Å². The maximum atomic E-state index is 11.4. The minimum absolute atomic E-state index is 0.285. The average molecular weight is 288 g/mol. The van der Waals surface area contributed by atoms with Crippen LogP contribution in [0.2, 0.25) is 0 Å². The number of carbonyl (C=O) groups excluding carboxylic acids is 1. The first-order chi connectivity index (χ1) is 10.2. The Kier molecular flexibility index (Phi) is 3.27. The Morgan fingerprint density at radius 2 is 2.14 bits per heavy atom. The highest BCUT2D eigenvalue weighted by atomic mass is 16.1. The topological polar surface area (TPSA) is 52.8 Å². The number of rotatable bonds is 1. The molecular weight excluding hydrogens is 264 g/mol. The van der Waals surface area contributed by atoms with E-state index in [9.17, 15) is 4.79 Å². The van der Waals surface area contributed by atoms with Crippen LogP contribution in [0.15, 0.2) is 23.5 Å². The first-order valence-corrected chi connectivity index (χ1v) is 8.18. The molecule has 1 amide bonds. The lowest BCUT2D eigenvalue weighted by Crippen LogP contribution is -2.65. The third-order valence-corrected chi connectivity index (χ3v) is 5.51. The summed E-state index contributed by atoms with van der Waals surface area (Å²) in [6.45, 7) is 4.42. The molecule has 0 aromatic carbocycles. The molecule has 2 unspecified atom stereocenters. The summed E-state index contributed by atoms with van der Waals surface area (Å²) in [5.41, 5.74) is 7.52. The quantitative estimate of drug-likeness (QED) is 0.777. The summed E-state index contributed by atoms with van der Waals surface area (Å²) >= 11 is 0. The van der Waals surface area contributed by atoms with Crippen molar-refractivity contribution < 1.29 is 4.79 Å². The molecule has 2 atom stereocenters. The van der Waals surface area contributed by atoms with Crippen LogP contribution in [0.25, 0.3) is 0 Å². The van der Waals surface area contributed by atoms with Crippen LogP contribution in [0.1, 0.15) is 32.1 Å². The molecule has 0 spiro atoms. The lowest BCUT2D eigenvalue weighted by molar-refractivity contribution is -0.114. The lowest BCUT2D eigenvalue weighted by atomic mass is 9.93. The van der Waals surface area contributed by atoms with Gasteiger partial charge in [-0.25, -0.2) is 0 Å². The van der Waals surface area contributed by atoms with Gasteiger partial charge >= 0.3 is 0 Å². The number of nitrogens with two attached hydrogens (primary N) is 1. The zero-order chi connectivity index (χ0) is 14.4. The number of piperazine rings is 1. The summed E-state index contributed by atoms with van der Waals surface area (Å²) in [6.07, 6.45) is 10.7. The van der Waals surface area contributed by atoms with Crippen molar-refractivity contribution in [3.05, 3.63) is 23.5 Å². The molecule has 4 rings (SSSR count). The molecule has 2 N–H and O–H groups in total. The van der Waals surface area contributed by atoms with Gasteiger partial charge in [0.2, 0.25) is 5.91 Å². The number of carbonyl (C=O) groups is 1. The molecule has 114 valence electrons. The van der Waals surface area contributed by atoms with Crippen LogP contribution in [0.4, 0.5) is 0 Å². The van der Waals surface area contributed by atoms with E-state index in [-0.39, 0.29) is 5.91 Å². The van der Waals surface area contributed by atoms with Gasteiger partial charge in [-0.1, -0.05) is 12.5 Å². The van der Waals surface area contributed by atoms with E-state index in [1.54, 1.807) is 0 Å². The number of allylic oxidation sites excluding steroid dienone is 1. The zero-order valence-corrected chi connectivity index (χ0v) is 12.5. The van der Waals surface area contributed by atoms with Crippen molar-refractivity contribution in [1.29, 1.82) is 0 Å². The third kappa shape index (κ3) is 2.28. The Morgan fingerprint density at radius 1 is 1.24 bits per heavy atom. The van der Waals surface area contributed by atoms with Crippen LogP contribution in [-0.2, 0) is 4.79 Å². The van der Waals surface area contributed by atoms with Crippen molar-refractivity contribution in [3.63, 3.8) is 0 Å². The molecule has 0 aliphatic carbocycles. The smallest absolute Gasteiger partial charge is 0.246 e. The van der Waals surface area contributed by atoms with Gasteiger partial charge in [-0.05, 0) is 32.2 Å². The fourth-order valence-corrected chi connectivity index (χ4v) is 4.35. The second-order valence-corrected chi connectivity index (χ2v) is 6.70. The Labute approximate surface area is 126 Å². The van der Waals surface area contributed by atoms with Crippen molar-refractivity contribution >= 4 is 5.91 Å². The second-order valence-electron chi connectivity index (χ2n) is 6.70. The number of hydrogen-bond donors (Lipinski definition) is 1. The van der Waals surface area contributed by atoms with Crippen LogP contribution < -0.4 is 5.73 Å². The molecule has 3 saturated heterocycles. The van der Waals surface area contributed by atoms with Gasteiger partial charge in [0.25, 0.3) is 0 Å². The van der Waals surface area contributed by atoms with Gasteiger partial charge in [-0.3, -0.25) is 14.6 Å². The fourth-order valence-electron chi connectivity index (χ4n) is 4.35. The second kappa shape index (κ2) is 5.14. The number of amides is 1. The van der Waals surface area contributed by atoms with Crippen molar-refractivity contribution in [2.75, 3.05) is 26.2 Å². The Morgan fingerprint density at radius 3 is 3.00 bits per heavy atom. The molecule has 0 bridgehead atoms. The molecule has 0 aromatic heterocycles. The predicted octanol–water partition coefficient (Wildman–Crippen LogP) is 0.845. The van der Waals surface area contributed by atoms with E-state index in [1.165, 1.54) is 44.5 Å². The first-order valence-electron chi connectivity index (χ1n) is 8.18.